The first-order valence-electron chi connectivity index (χ1n) is 9.97. The Labute approximate surface area is 177 Å². The Balaban J connectivity index is 1.50. The fraction of sp³-hybridized carbons (Fsp3) is 0.348. The van der Waals surface area contributed by atoms with E-state index in [-0.39, 0.29) is 23.4 Å². The zero-order valence-corrected chi connectivity index (χ0v) is 17.6. The number of thiazole rings is 1. The van der Waals surface area contributed by atoms with E-state index in [2.05, 4.69) is 4.98 Å². The highest BCUT2D eigenvalue weighted by Crippen LogP contribution is 2.45. The van der Waals surface area contributed by atoms with Crippen molar-refractivity contribution in [1.29, 1.82) is 0 Å². The number of halogens is 1. The number of ketones is 2. The number of nitrogens with zero attached hydrogens (tertiary/aromatic N) is 1. The third-order valence-corrected chi connectivity index (χ3v) is 7.28. The van der Waals surface area contributed by atoms with Crippen LogP contribution in [0.2, 0.25) is 5.02 Å². The monoisotopic (exact) mass is 425 g/mol. The van der Waals surface area contributed by atoms with Crippen LogP contribution in [0.3, 0.4) is 0 Å². The maximum absolute atomic E-state index is 13.0. The van der Waals surface area contributed by atoms with Gasteiger partial charge < -0.3 is 4.74 Å². The second kappa shape index (κ2) is 7.22. The van der Waals surface area contributed by atoms with E-state index in [1.54, 1.807) is 6.07 Å². The van der Waals surface area contributed by atoms with Gasteiger partial charge in [0.1, 0.15) is 11.7 Å². The quantitative estimate of drug-likeness (QED) is 0.484. The molecule has 2 saturated carbocycles. The minimum Gasteiger partial charge on any atom is -0.431 e. The number of Topliss-reactive ketones (excluding diaryl/α,β-unsaturated/α-hetero) is 2. The van der Waals surface area contributed by atoms with E-state index in [1.807, 2.05) is 37.3 Å². The summed E-state index contributed by atoms with van der Waals surface area (Å²) in [6, 6.07) is 11.2. The molecule has 5 rings (SSSR count). The van der Waals surface area contributed by atoms with Crippen LogP contribution in [0.4, 0.5) is 0 Å². The van der Waals surface area contributed by atoms with Crippen LogP contribution in [0.25, 0.3) is 10.2 Å². The summed E-state index contributed by atoms with van der Waals surface area (Å²) < 4.78 is 6.97. The summed E-state index contributed by atoms with van der Waals surface area (Å²) in [5.41, 5.74) is 2.66. The van der Waals surface area contributed by atoms with Crippen molar-refractivity contribution in [2.75, 3.05) is 0 Å². The normalized spacial score (nSPS) is 23.7. The Morgan fingerprint density at radius 3 is 2.59 bits per heavy atom. The molecule has 4 nitrogen and oxygen atoms in total. The van der Waals surface area contributed by atoms with Gasteiger partial charge in [-0.2, -0.15) is 0 Å². The van der Waals surface area contributed by atoms with E-state index in [9.17, 15) is 9.59 Å². The molecule has 0 aliphatic heterocycles. The summed E-state index contributed by atoms with van der Waals surface area (Å²) in [4.78, 5) is 30.5. The van der Waals surface area contributed by atoms with Crippen molar-refractivity contribution < 1.29 is 14.3 Å². The summed E-state index contributed by atoms with van der Waals surface area (Å²) in [7, 11) is 0. The highest BCUT2D eigenvalue weighted by molar-refractivity contribution is 7.20. The highest BCUT2D eigenvalue weighted by Gasteiger charge is 2.47. The van der Waals surface area contributed by atoms with Gasteiger partial charge in [-0.05, 0) is 67.1 Å². The van der Waals surface area contributed by atoms with E-state index in [4.69, 9.17) is 16.3 Å². The maximum atomic E-state index is 13.0. The van der Waals surface area contributed by atoms with Crippen LogP contribution in [-0.4, -0.2) is 16.6 Å². The molecule has 0 spiro atoms. The predicted molar refractivity (Wildman–Crippen MR) is 114 cm³/mol. The van der Waals surface area contributed by atoms with Crippen molar-refractivity contribution >= 4 is 44.7 Å². The largest absolute Gasteiger partial charge is 0.431 e. The van der Waals surface area contributed by atoms with Gasteiger partial charge in [-0.1, -0.05) is 35.9 Å². The Bertz CT molecular complexity index is 1120. The van der Waals surface area contributed by atoms with Gasteiger partial charge in [0.15, 0.2) is 11.6 Å². The molecular weight excluding hydrogens is 406 g/mol. The third-order valence-electron chi connectivity index (χ3n) is 6.15. The zero-order valence-electron chi connectivity index (χ0n) is 16.0. The Morgan fingerprint density at radius 1 is 1.10 bits per heavy atom. The molecule has 29 heavy (non-hydrogen) atoms. The number of carbonyl (C=O) groups is 2. The smallest absolute Gasteiger partial charge is 0.279 e. The molecular formula is C23H20ClNO3S. The minimum absolute atomic E-state index is 0.0333. The molecule has 3 aromatic rings. The first-order valence-corrected chi connectivity index (χ1v) is 11.2. The van der Waals surface area contributed by atoms with Gasteiger partial charge in [-0.15, -0.1) is 0 Å². The van der Waals surface area contributed by atoms with Crippen molar-refractivity contribution in [3.63, 3.8) is 0 Å². The SMILES string of the molecule is CCc1ccc(Oc2nc3ccc(Cl)cc3s2)cc1C1C(=O)[C@@H]2CC[C@@H](C2)C1=O. The van der Waals surface area contributed by atoms with Gasteiger partial charge in [0, 0.05) is 16.9 Å². The van der Waals surface area contributed by atoms with Crippen LogP contribution in [0.5, 0.6) is 10.9 Å². The molecule has 1 unspecified atom stereocenters. The Kier molecular flexibility index (Phi) is 4.67. The summed E-state index contributed by atoms with van der Waals surface area (Å²) in [5.74, 6) is 0.197. The van der Waals surface area contributed by atoms with Crippen LogP contribution < -0.4 is 4.74 Å². The van der Waals surface area contributed by atoms with E-state index in [0.717, 1.165) is 47.0 Å². The highest BCUT2D eigenvalue weighted by atomic mass is 35.5. The molecule has 2 bridgehead atoms. The van der Waals surface area contributed by atoms with Crippen molar-refractivity contribution in [2.45, 2.75) is 38.5 Å². The van der Waals surface area contributed by atoms with Gasteiger partial charge in [0.25, 0.3) is 5.19 Å². The minimum atomic E-state index is -0.645. The number of aromatic nitrogens is 1. The topological polar surface area (TPSA) is 56.3 Å². The van der Waals surface area contributed by atoms with E-state index < -0.39 is 5.92 Å². The summed E-state index contributed by atoms with van der Waals surface area (Å²) in [6.07, 6.45) is 3.19. The third kappa shape index (κ3) is 3.26. The lowest BCUT2D eigenvalue weighted by molar-refractivity contribution is -0.135. The molecule has 0 amide bonds. The van der Waals surface area contributed by atoms with Crippen molar-refractivity contribution in [2.24, 2.45) is 11.8 Å². The van der Waals surface area contributed by atoms with E-state index >= 15 is 0 Å². The van der Waals surface area contributed by atoms with Gasteiger partial charge in [0.2, 0.25) is 0 Å². The average Bonchev–Trinajstić information content (AvgIpc) is 3.32. The van der Waals surface area contributed by atoms with Gasteiger partial charge >= 0.3 is 0 Å². The van der Waals surface area contributed by atoms with Crippen molar-refractivity contribution in [3.8, 4) is 10.9 Å². The first kappa shape index (κ1) is 18.8. The lowest BCUT2D eigenvalue weighted by atomic mass is 9.74. The molecule has 0 saturated heterocycles. The molecule has 0 N–H and O–H groups in total. The van der Waals surface area contributed by atoms with Crippen molar-refractivity contribution in [1.82, 2.24) is 4.98 Å². The predicted octanol–water partition coefficient (Wildman–Crippen LogP) is 5.96. The molecule has 2 aliphatic carbocycles. The van der Waals surface area contributed by atoms with Crippen molar-refractivity contribution in [3.05, 3.63) is 52.5 Å². The van der Waals surface area contributed by atoms with Crippen LogP contribution in [0.15, 0.2) is 36.4 Å². The summed E-state index contributed by atoms with van der Waals surface area (Å²) in [5, 5.41) is 1.17. The van der Waals surface area contributed by atoms with Crippen LogP contribution in [0, 0.1) is 11.8 Å². The number of carbonyl (C=O) groups excluding carboxylic acids is 2. The fourth-order valence-corrected chi connectivity index (χ4v) is 5.78. The average molecular weight is 426 g/mol. The molecule has 1 heterocycles. The Morgan fingerprint density at radius 2 is 1.86 bits per heavy atom. The van der Waals surface area contributed by atoms with Gasteiger partial charge in [-0.3, -0.25) is 9.59 Å². The molecule has 1 aromatic heterocycles. The molecule has 2 aliphatic rings. The lowest BCUT2D eigenvalue weighted by Crippen LogP contribution is -2.35. The fourth-order valence-electron chi connectivity index (χ4n) is 4.67. The van der Waals surface area contributed by atoms with Crippen LogP contribution >= 0.6 is 22.9 Å². The summed E-state index contributed by atoms with van der Waals surface area (Å²) >= 11 is 7.48. The van der Waals surface area contributed by atoms with Crippen LogP contribution in [0.1, 0.15) is 43.2 Å². The Hall–Kier alpha value is -2.24. The number of rotatable bonds is 4. The maximum Gasteiger partial charge on any atom is 0.279 e. The van der Waals surface area contributed by atoms with Crippen LogP contribution in [-0.2, 0) is 16.0 Å². The number of hydrogen-bond acceptors (Lipinski definition) is 5. The zero-order chi connectivity index (χ0) is 20.1. The number of benzene rings is 2. The number of aryl methyl sites for hydroxylation is 1. The lowest BCUT2D eigenvalue weighted by Gasteiger charge is -2.27. The standard InChI is InChI=1S/C23H20ClNO3S/c1-2-12-5-7-16(28-23-25-18-8-6-15(24)10-19(18)29-23)11-17(12)20-21(26)13-3-4-14(9-13)22(20)27/h5-8,10-11,13-14,20H,2-4,9H2,1H3/t13-,14+,20?. The number of hydrogen-bond donors (Lipinski definition) is 0. The van der Waals surface area contributed by atoms with E-state index in [0.29, 0.717) is 16.0 Å². The number of ether oxygens (including phenoxy) is 1. The molecule has 148 valence electrons. The van der Waals surface area contributed by atoms with Gasteiger partial charge in [-0.25, -0.2) is 4.98 Å². The molecule has 0 radical (unpaired) electrons. The molecule has 3 atom stereocenters. The van der Waals surface area contributed by atoms with E-state index in [1.165, 1.54) is 11.3 Å². The molecule has 2 fully saturated rings. The number of fused-ring (bicyclic) bond motifs is 3. The second-order valence-corrected chi connectivity index (χ2v) is 9.28. The first-order chi connectivity index (χ1) is 14.0. The molecule has 6 heteroatoms. The van der Waals surface area contributed by atoms with Gasteiger partial charge in [0.05, 0.1) is 10.2 Å². The molecule has 2 aromatic carbocycles. The second-order valence-electron chi connectivity index (χ2n) is 7.85. The summed E-state index contributed by atoms with van der Waals surface area (Å²) in [6.45, 7) is 2.04.